The lowest BCUT2D eigenvalue weighted by Gasteiger charge is -2.15. The standard InChI is InChI=1S/C22H22N4O6/c1-32-22(31)17-12-26(10-11-27)21(30)18(17)24-15-8-4-14(5-9-15)20(29)25-16-6-2-13(3-7-16)19(23)28/h2-9,24,27H,10-12H2,1H3,(H2,23,28)(H,25,29). The SMILES string of the molecule is COC(=O)C1=C(Nc2ccc(C(=O)Nc3ccc(C(N)=O)cc3)cc2)C(=O)N(CCO)C1. The fourth-order valence-corrected chi connectivity index (χ4v) is 3.12. The van der Waals surface area contributed by atoms with Crippen molar-refractivity contribution in [3.05, 3.63) is 70.9 Å². The van der Waals surface area contributed by atoms with Crippen LogP contribution in [0.3, 0.4) is 0 Å². The number of nitrogens with two attached hydrogens (primary N) is 1. The molecule has 1 aliphatic rings. The average Bonchev–Trinajstić information content (AvgIpc) is 3.09. The van der Waals surface area contributed by atoms with E-state index in [1.54, 1.807) is 36.4 Å². The van der Waals surface area contributed by atoms with Crippen molar-refractivity contribution in [2.45, 2.75) is 0 Å². The molecule has 32 heavy (non-hydrogen) atoms. The third kappa shape index (κ3) is 4.93. The molecule has 0 radical (unpaired) electrons. The summed E-state index contributed by atoms with van der Waals surface area (Å²) in [7, 11) is 1.22. The van der Waals surface area contributed by atoms with E-state index in [0.29, 0.717) is 22.5 Å². The summed E-state index contributed by atoms with van der Waals surface area (Å²) in [6.45, 7) is -0.115. The largest absolute Gasteiger partial charge is 0.466 e. The number of methoxy groups -OCH3 is 1. The zero-order valence-electron chi connectivity index (χ0n) is 17.3. The highest BCUT2D eigenvalue weighted by molar-refractivity contribution is 6.09. The molecule has 2 aromatic rings. The van der Waals surface area contributed by atoms with Gasteiger partial charge < -0.3 is 31.1 Å². The summed E-state index contributed by atoms with van der Waals surface area (Å²) in [6.07, 6.45) is 0. The Morgan fingerprint density at radius 3 is 2.19 bits per heavy atom. The number of rotatable bonds is 8. The van der Waals surface area contributed by atoms with Crippen LogP contribution in [0, 0.1) is 0 Å². The van der Waals surface area contributed by atoms with Crippen molar-refractivity contribution in [1.29, 1.82) is 0 Å². The Balaban J connectivity index is 1.71. The van der Waals surface area contributed by atoms with E-state index in [9.17, 15) is 19.2 Å². The summed E-state index contributed by atoms with van der Waals surface area (Å²) in [4.78, 5) is 49.5. The van der Waals surface area contributed by atoms with Crippen LogP contribution in [-0.2, 0) is 14.3 Å². The highest BCUT2D eigenvalue weighted by Gasteiger charge is 2.34. The lowest BCUT2D eigenvalue weighted by Crippen LogP contribution is -2.31. The molecule has 0 spiro atoms. The van der Waals surface area contributed by atoms with Gasteiger partial charge in [0.2, 0.25) is 5.91 Å². The van der Waals surface area contributed by atoms with Crippen molar-refractivity contribution in [2.24, 2.45) is 5.73 Å². The lowest BCUT2D eigenvalue weighted by atomic mass is 10.1. The van der Waals surface area contributed by atoms with Crippen LogP contribution in [-0.4, -0.2) is 60.5 Å². The van der Waals surface area contributed by atoms with Crippen LogP contribution >= 0.6 is 0 Å². The van der Waals surface area contributed by atoms with Gasteiger partial charge in [-0.3, -0.25) is 14.4 Å². The third-order valence-corrected chi connectivity index (χ3v) is 4.80. The topological polar surface area (TPSA) is 151 Å². The maximum atomic E-state index is 12.6. The van der Waals surface area contributed by atoms with Crippen molar-refractivity contribution in [2.75, 3.05) is 37.4 Å². The van der Waals surface area contributed by atoms with Crippen LogP contribution < -0.4 is 16.4 Å². The van der Waals surface area contributed by atoms with Crippen LogP contribution in [0.2, 0.25) is 0 Å². The first-order valence-electron chi connectivity index (χ1n) is 9.64. The van der Waals surface area contributed by atoms with Crippen molar-refractivity contribution in [3.8, 4) is 0 Å². The molecule has 0 aromatic heterocycles. The molecular weight excluding hydrogens is 416 g/mol. The molecule has 3 amide bonds. The Labute approximate surface area is 183 Å². The number of amides is 3. The number of primary amides is 1. The van der Waals surface area contributed by atoms with E-state index < -0.39 is 17.8 Å². The normalized spacial score (nSPS) is 13.2. The van der Waals surface area contributed by atoms with E-state index in [0.717, 1.165) is 0 Å². The molecule has 10 nitrogen and oxygen atoms in total. The number of hydrogen-bond acceptors (Lipinski definition) is 7. The van der Waals surface area contributed by atoms with Gasteiger partial charge >= 0.3 is 5.97 Å². The number of esters is 1. The number of carbonyl (C=O) groups is 4. The highest BCUT2D eigenvalue weighted by atomic mass is 16.5. The van der Waals surface area contributed by atoms with E-state index in [1.807, 2.05) is 0 Å². The first kappa shape index (κ1) is 22.5. The molecule has 1 aliphatic heterocycles. The molecule has 166 valence electrons. The number of hydrogen-bond donors (Lipinski definition) is 4. The summed E-state index contributed by atoms with van der Waals surface area (Å²) in [5.41, 5.74) is 7.10. The summed E-state index contributed by atoms with van der Waals surface area (Å²) >= 11 is 0. The van der Waals surface area contributed by atoms with Crippen molar-refractivity contribution in [1.82, 2.24) is 4.90 Å². The molecule has 0 aliphatic carbocycles. The smallest absolute Gasteiger partial charge is 0.337 e. The number of aliphatic hydroxyl groups excluding tert-OH is 1. The quantitative estimate of drug-likeness (QED) is 0.443. The number of benzene rings is 2. The van der Waals surface area contributed by atoms with Gasteiger partial charge in [-0.15, -0.1) is 0 Å². The van der Waals surface area contributed by atoms with Gasteiger partial charge in [0.05, 0.1) is 25.8 Å². The predicted molar refractivity (Wildman–Crippen MR) is 116 cm³/mol. The van der Waals surface area contributed by atoms with Gasteiger partial charge in [-0.1, -0.05) is 0 Å². The van der Waals surface area contributed by atoms with Crippen LogP contribution in [0.1, 0.15) is 20.7 Å². The number of nitrogens with one attached hydrogen (secondary N) is 2. The number of carbonyl (C=O) groups excluding carboxylic acids is 4. The Hall–Kier alpha value is -4.18. The third-order valence-electron chi connectivity index (χ3n) is 4.80. The summed E-state index contributed by atoms with van der Waals surface area (Å²) < 4.78 is 4.75. The van der Waals surface area contributed by atoms with Gasteiger partial charge in [-0.25, -0.2) is 4.79 Å². The molecule has 0 saturated heterocycles. The molecule has 0 fully saturated rings. The second-order valence-corrected chi connectivity index (χ2v) is 6.89. The van der Waals surface area contributed by atoms with Gasteiger partial charge in [-0.2, -0.15) is 0 Å². The van der Waals surface area contributed by atoms with Gasteiger partial charge in [0.1, 0.15) is 5.70 Å². The minimum atomic E-state index is -0.639. The van der Waals surface area contributed by atoms with Crippen molar-refractivity contribution in [3.63, 3.8) is 0 Å². The van der Waals surface area contributed by atoms with Crippen molar-refractivity contribution >= 4 is 35.1 Å². The first-order chi connectivity index (χ1) is 15.3. The fourth-order valence-electron chi connectivity index (χ4n) is 3.12. The van der Waals surface area contributed by atoms with E-state index in [1.165, 1.54) is 24.1 Å². The van der Waals surface area contributed by atoms with Crippen LogP contribution in [0.15, 0.2) is 59.8 Å². The second-order valence-electron chi connectivity index (χ2n) is 6.89. The first-order valence-corrected chi connectivity index (χ1v) is 9.64. The van der Waals surface area contributed by atoms with E-state index in [-0.39, 0.29) is 36.9 Å². The average molecular weight is 438 g/mol. The molecule has 0 unspecified atom stereocenters. The number of anilines is 2. The lowest BCUT2D eigenvalue weighted by molar-refractivity contribution is -0.136. The minimum absolute atomic E-state index is 0.0312. The van der Waals surface area contributed by atoms with Gasteiger partial charge in [0.15, 0.2) is 0 Å². The molecule has 3 rings (SSSR count). The number of aliphatic hydroxyl groups is 1. The summed E-state index contributed by atoms with van der Waals surface area (Å²) in [5.74, 6) is -2.00. The maximum Gasteiger partial charge on any atom is 0.337 e. The Bertz CT molecular complexity index is 1080. The Morgan fingerprint density at radius 1 is 1.03 bits per heavy atom. The molecule has 0 saturated carbocycles. The Morgan fingerprint density at radius 2 is 1.62 bits per heavy atom. The monoisotopic (exact) mass is 438 g/mol. The Kier molecular flexibility index (Phi) is 6.86. The van der Waals surface area contributed by atoms with Gasteiger partial charge in [0.25, 0.3) is 11.8 Å². The van der Waals surface area contributed by atoms with Gasteiger partial charge in [0, 0.05) is 29.0 Å². The molecule has 10 heteroatoms. The fraction of sp³-hybridized carbons (Fsp3) is 0.182. The molecule has 0 bridgehead atoms. The van der Waals surface area contributed by atoms with E-state index in [4.69, 9.17) is 15.6 Å². The van der Waals surface area contributed by atoms with Crippen LogP contribution in [0.25, 0.3) is 0 Å². The number of β-amino-alcohol motifs (C(OH)–C–C–N with tert-alkyl or cyclic N) is 1. The molecule has 0 atom stereocenters. The van der Waals surface area contributed by atoms with Crippen molar-refractivity contribution < 1.29 is 29.0 Å². The van der Waals surface area contributed by atoms with Gasteiger partial charge in [-0.05, 0) is 48.5 Å². The zero-order chi connectivity index (χ0) is 23.3. The molecule has 2 aromatic carbocycles. The minimum Gasteiger partial charge on any atom is -0.466 e. The van der Waals surface area contributed by atoms with Crippen LogP contribution in [0.5, 0.6) is 0 Å². The number of ether oxygens (including phenoxy) is 1. The number of nitrogens with zero attached hydrogens (tertiary/aromatic N) is 1. The maximum absolute atomic E-state index is 12.6. The van der Waals surface area contributed by atoms with Crippen LogP contribution in [0.4, 0.5) is 11.4 Å². The molecule has 1 heterocycles. The summed E-state index contributed by atoms with van der Waals surface area (Å²) in [5, 5.41) is 14.7. The molecular formula is C22H22N4O6. The molecule has 5 N–H and O–H groups in total. The highest BCUT2D eigenvalue weighted by Crippen LogP contribution is 2.23. The predicted octanol–water partition coefficient (Wildman–Crippen LogP) is 0.711. The second kappa shape index (κ2) is 9.75. The van der Waals surface area contributed by atoms with E-state index >= 15 is 0 Å². The zero-order valence-corrected chi connectivity index (χ0v) is 17.3. The summed E-state index contributed by atoms with van der Waals surface area (Å²) in [6, 6.07) is 12.4. The van der Waals surface area contributed by atoms with E-state index in [2.05, 4.69) is 10.6 Å².